The summed E-state index contributed by atoms with van der Waals surface area (Å²) in [4.78, 5) is 13.6. The maximum absolute atomic E-state index is 4.59. The SMILES string of the molecule is CCc1ccc(CNC(=NC)NCc2cccc(N(C)C)n2)s1.I. The number of hydrogen-bond acceptors (Lipinski definition) is 4. The number of guanidine groups is 1. The quantitative estimate of drug-likeness (QED) is 0.396. The van der Waals surface area contributed by atoms with E-state index in [4.69, 9.17) is 0 Å². The Labute approximate surface area is 165 Å². The molecule has 0 saturated carbocycles. The fourth-order valence-electron chi connectivity index (χ4n) is 2.09. The lowest BCUT2D eigenvalue weighted by molar-refractivity contribution is 0.797. The number of halogens is 1. The summed E-state index contributed by atoms with van der Waals surface area (Å²) in [5.74, 6) is 1.74. The first kappa shape index (κ1) is 20.7. The highest BCUT2D eigenvalue weighted by atomic mass is 127. The number of hydrogen-bond donors (Lipinski definition) is 2. The largest absolute Gasteiger partial charge is 0.363 e. The summed E-state index contributed by atoms with van der Waals surface area (Å²) in [5.41, 5.74) is 0.989. The molecule has 0 radical (unpaired) electrons. The van der Waals surface area contributed by atoms with Gasteiger partial charge in [-0.2, -0.15) is 0 Å². The van der Waals surface area contributed by atoms with Gasteiger partial charge in [0.1, 0.15) is 5.82 Å². The lowest BCUT2D eigenvalue weighted by Gasteiger charge is -2.14. The average Bonchev–Trinajstić information content (AvgIpc) is 3.03. The Bertz CT molecular complexity index is 654. The monoisotopic (exact) mass is 459 g/mol. The van der Waals surface area contributed by atoms with E-state index in [0.717, 1.165) is 30.4 Å². The summed E-state index contributed by atoms with van der Waals surface area (Å²) < 4.78 is 0. The van der Waals surface area contributed by atoms with Crippen molar-refractivity contribution in [2.75, 3.05) is 26.0 Å². The number of aliphatic imine (C=N–C) groups is 1. The zero-order valence-electron chi connectivity index (χ0n) is 14.7. The van der Waals surface area contributed by atoms with E-state index in [9.17, 15) is 0 Å². The number of anilines is 1. The van der Waals surface area contributed by atoms with Gasteiger partial charge in [-0.25, -0.2) is 4.98 Å². The van der Waals surface area contributed by atoms with E-state index in [1.54, 1.807) is 7.05 Å². The summed E-state index contributed by atoms with van der Waals surface area (Å²) in [6.45, 7) is 3.61. The van der Waals surface area contributed by atoms with E-state index >= 15 is 0 Å². The highest BCUT2D eigenvalue weighted by Gasteiger charge is 2.03. The van der Waals surface area contributed by atoms with Gasteiger partial charge in [-0.05, 0) is 30.7 Å². The van der Waals surface area contributed by atoms with Gasteiger partial charge < -0.3 is 15.5 Å². The summed E-state index contributed by atoms with van der Waals surface area (Å²) in [7, 11) is 5.77. The molecule has 132 valence electrons. The van der Waals surface area contributed by atoms with Crippen LogP contribution in [0.15, 0.2) is 35.3 Å². The minimum atomic E-state index is 0. The van der Waals surface area contributed by atoms with E-state index in [0.29, 0.717) is 6.54 Å². The van der Waals surface area contributed by atoms with Crippen molar-refractivity contribution in [1.82, 2.24) is 15.6 Å². The first-order valence-electron chi connectivity index (χ1n) is 7.77. The molecule has 0 bridgehead atoms. The Morgan fingerprint density at radius 1 is 1.12 bits per heavy atom. The molecule has 0 aliphatic rings. The molecule has 0 aliphatic heterocycles. The molecule has 0 aromatic carbocycles. The number of aromatic nitrogens is 1. The number of rotatable bonds is 6. The number of nitrogens with zero attached hydrogens (tertiary/aromatic N) is 3. The molecule has 7 heteroatoms. The number of aryl methyl sites for hydroxylation is 1. The third kappa shape index (κ3) is 6.27. The minimum Gasteiger partial charge on any atom is -0.363 e. The molecule has 2 N–H and O–H groups in total. The molecule has 2 heterocycles. The van der Waals surface area contributed by atoms with Crippen LogP contribution in [0.4, 0.5) is 5.82 Å². The molecule has 0 saturated heterocycles. The Balaban J connectivity index is 0.00000288. The van der Waals surface area contributed by atoms with Crippen LogP contribution >= 0.6 is 35.3 Å². The van der Waals surface area contributed by atoms with Crippen molar-refractivity contribution in [2.24, 2.45) is 4.99 Å². The Kier molecular flexibility index (Phi) is 9.05. The molecule has 0 aliphatic carbocycles. The second-order valence-electron chi connectivity index (χ2n) is 5.38. The zero-order valence-corrected chi connectivity index (χ0v) is 17.8. The van der Waals surface area contributed by atoms with Gasteiger partial charge in [0.25, 0.3) is 0 Å². The number of pyridine rings is 1. The predicted octanol–water partition coefficient (Wildman–Crippen LogP) is 3.25. The molecule has 2 aromatic heterocycles. The van der Waals surface area contributed by atoms with Gasteiger partial charge in [-0.15, -0.1) is 35.3 Å². The number of thiophene rings is 1. The standard InChI is InChI=1S/C17H25N5S.HI/c1-5-14-9-10-15(23-14)12-20-17(18-2)19-11-13-7-6-8-16(21-13)22(3)4;/h6-10H,5,11-12H2,1-4H3,(H2,18,19,20);1H. The zero-order chi connectivity index (χ0) is 16.7. The molecule has 5 nitrogen and oxygen atoms in total. The second-order valence-corrected chi connectivity index (χ2v) is 6.64. The van der Waals surface area contributed by atoms with Crippen LogP contribution in [0.1, 0.15) is 22.4 Å². The first-order valence-corrected chi connectivity index (χ1v) is 8.59. The Morgan fingerprint density at radius 3 is 2.46 bits per heavy atom. The van der Waals surface area contributed by atoms with Gasteiger partial charge in [0.15, 0.2) is 5.96 Å². The summed E-state index contributed by atoms with van der Waals surface area (Å²) in [5, 5.41) is 6.65. The highest BCUT2D eigenvalue weighted by molar-refractivity contribution is 14.0. The molecule has 2 aromatic rings. The van der Waals surface area contributed by atoms with Gasteiger partial charge in [0.2, 0.25) is 0 Å². The van der Waals surface area contributed by atoms with E-state index in [1.165, 1.54) is 9.75 Å². The van der Waals surface area contributed by atoms with Crippen LogP contribution in [0, 0.1) is 0 Å². The van der Waals surface area contributed by atoms with Gasteiger partial charge in [-0.3, -0.25) is 4.99 Å². The molecule has 0 fully saturated rings. The predicted molar refractivity (Wildman–Crippen MR) is 115 cm³/mol. The normalized spacial score (nSPS) is 10.9. The lowest BCUT2D eigenvalue weighted by Crippen LogP contribution is -2.36. The smallest absolute Gasteiger partial charge is 0.191 e. The van der Waals surface area contributed by atoms with Gasteiger partial charge >= 0.3 is 0 Å². The maximum atomic E-state index is 4.59. The molecule has 24 heavy (non-hydrogen) atoms. The van der Waals surface area contributed by atoms with Crippen LogP contribution in [-0.2, 0) is 19.5 Å². The summed E-state index contributed by atoms with van der Waals surface area (Å²) in [6, 6.07) is 10.4. The van der Waals surface area contributed by atoms with Gasteiger partial charge in [0.05, 0.1) is 18.8 Å². The fraction of sp³-hybridized carbons (Fsp3) is 0.412. The van der Waals surface area contributed by atoms with Crippen molar-refractivity contribution >= 4 is 47.1 Å². The van der Waals surface area contributed by atoms with E-state index in [-0.39, 0.29) is 24.0 Å². The fourth-order valence-corrected chi connectivity index (χ4v) is 2.99. The number of nitrogens with one attached hydrogen (secondary N) is 2. The molecule has 2 rings (SSSR count). The topological polar surface area (TPSA) is 52.6 Å². The molecule has 0 amide bonds. The minimum absolute atomic E-state index is 0. The van der Waals surface area contributed by atoms with Crippen molar-refractivity contribution < 1.29 is 0 Å². The van der Waals surface area contributed by atoms with Crippen LogP contribution < -0.4 is 15.5 Å². The van der Waals surface area contributed by atoms with Crippen molar-refractivity contribution in [3.63, 3.8) is 0 Å². The molecule has 0 unspecified atom stereocenters. The Hall–Kier alpha value is -1.35. The highest BCUT2D eigenvalue weighted by Crippen LogP contribution is 2.16. The van der Waals surface area contributed by atoms with Crippen molar-refractivity contribution in [3.8, 4) is 0 Å². The van der Waals surface area contributed by atoms with E-state index in [2.05, 4.69) is 39.7 Å². The average molecular weight is 459 g/mol. The van der Waals surface area contributed by atoms with Crippen molar-refractivity contribution in [2.45, 2.75) is 26.4 Å². The van der Waals surface area contributed by atoms with Crippen molar-refractivity contribution in [3.05, 3.63) is 45.8 Å². The third-order valence-corrected chi connectivity index (χ3v) is 4.64. The van der Waals surface area contributed by atoms with Crippen LogP contribution in [0.3, 0.4) is 0 Å². The van der Waals surface area contributed by atoms with Crippen molar-refractivity contribution in [1.29, 1.82) is 0 Å². The maximum Gasteiger partial charge on any atom is 0.191 e. The van der Waals surface area contributed by atoms with Crippen LogP contribution in [-0.4, -0.2) is 32.1 Å². The van der Waals surface area contributed by atoms with Gasteiger partial charge in [-0.1, -0.05) is 13.0 Å². The molecular weight excluding hydrogens is 433 g/mol. The molecular formula is C17H26IN5S. The molecule has 0 spiro atoms. The van der Waals surface area contributed by atoms with E-state index < -0.39 is 0 Å². The second kappa shape index (κ2) is 10.5. The van der Waals surface area contributed by atoms with Crippen LogP contribution in [0.25, 0.3) is 0 Å². The summed E-state index contributed by atoms with van der Waals surface area (Å²) in [6.07, 6.45) is 1.09. The molecule has 0 atom stereocenters. The van der Waals surface area contributed by atoms with Crippen LogP contribution in [0.5, 0.6) is 0 Å². The van der Waals surface area contributed by atoms with E-state index in [1.807, 2.05) is 48.5 Å². The van der Waals surface area contributed by atoms with Crippen LogP contribution in [0.2, 0.25) is 0 Å². The van der Waals surface area contributed by atoms with Gasteiger partial charge in [0, 0.05) is 30.9 Å². The summed E-state index contributed by atoms with van der Waals surface area (Å²) >= 11 is 1.84. The Morgan fingerprint density at radius 2 is 1.83 bits per heavy atom. The third-order valence-electron chi connectivity index (χ3n) is 3.41. The lowest BCUT2D eigenvalue weighted by atomic mass is 10.3. The first-order chi connectivity index (χ1) is 11.1.